The van der Waals surface area contributed by atoms with E-state index in [1.54, 1.807) is 18.2 Å². The van der Waals surface area contributed by atoms with E-state index in [1.165, 1.54) is 12.1 Å². The summed E-state index contributed by atoms with van der Waals surface area (Å²) in [6, 6.07) is 11.8. The normalized spacial score (nSPS) is 11.4. The molecule has 0 saturated carbocycles. The predicted octanol–water partition coefficient (Wildman–Crippen LogP) is 3.50. The molecule has 2 rings (SSSR count). The third kappa shape index (κ3) is 2.83. The Bertz CT molecular complexity index is 643. The number of hydrogen-bond donors (Lipinski definition) is 0. The van der Waals surface area contributed by atoms with Crippen molar-refractivity contribution in [2.45, 2.75) is 26.2 Å². The van der Waals surface area contributed by atoms with Crippen LogP contribution in [0.3, 0.4) is 0 Å². The largest absolute Gasteiger partial charge is 0.617 e. The van der Waals surface area contributed by atoms with E-state index in [2.05, 4.69) is 20.8 Å². The Morgan fingerprint density at radius 2 is 1.70 bits per heavy atom. The second-order valence-electron chi connectivity index (χ2n) is 5.68. The van der Waals surface area contributed by atoms with Crippen molar-refractivity contribution < 1.29 is 9.52 Å². The number of nitrogens with zero attached hydrogens (tertiary/aromatic N) is 1. The topological polar surface area (TPSA) is 44.0 Å². The summed E-state index contributed by atoms with van der Waals surface area (Å²) >= 11 is 5.73. The van der Waals surface area contributed by atoms with Gasteiger partial charge in [-0.05, 0) is 28.6 Å². The van der Waals surface area contributed by atoms with Gasteiger partial charge in [0.05, 0.1) is 0 Å². The van der Waals surface area contributed by atoms with Gasteiger partial charge in [0.2, 0.25) is 0 Å². The fourth-order valence-electron chi connectivity index (χ4n) is 1.91. The number of benzene rings is 1. The van der Waals surface area contributed by atoms with Gasteiger partial charge in [-0.15, -0.1) is 0 Å². The third-order valence-electron chi connectivity index (χ3n) is 3.15. The molecule has 104 valence electrons. The highest BCUT2D eigenvalue weighted by atomic mass is 35.5. The van der Waals surface area contributed by atoms with Gasteiger partial charge in [0.15, 0.2) is 0 Å². The zero-order chi connectivity index (χ0) is 14.9. The average molecular weight is 290 g/mol. The summed E-state index contributed by atoms with van der Waals surface area (Å²) in [4.78, 5) is 12.3. The van der Waals surface area contributed by atoms with Crippen molar-refractivity contribution in [3.05, 3.63) is 69.6 Å². The quantitative estimate of drug-likeness (QED) is 0.367. The summed E-state index contributed by atoms with van der Waals surface area (Å²) in [5.74, 6) is -0.331. The molecule has 0 bridgehead atoms. The number of carbonyl (C=O) groups excluding carboxylic acids is 1. The van der Waals surface area contributed by atoms with E-state index in [4.69, 9.17) is 11.6 Å². The number of halogens is 1. The summed E-state index contributed by atoms with van der Waals surface area (Å²) < 4.78 is 0.446. The Labute approximate surface area is 123 Å². The van der Waals surface area contributed by atoms with Gasteiger partial charge in [-0.25, -0.2) is 0 Å². The molecule has 1 aromatic carbocycles. The first-order chi connectivity index (χ1) is 9.30. The second-order valence-corrected chi connectivity index (χ2v) is 6.07. The average Bonchev–Trinajstić information content (AvgIpc) is 2.40. The van der Waals surface area contributed by atoms with Gasteiger partial charge < -0.3 is 5.21 Å². The van der Waals surface area contributed by atoms with E-state index in [1.807, 2.05) is 12.1 Å². The lowest BCUT2D eigenvalue weighted by Crippen LogP contribution is -2.35. The Kier molecular flexibility index (Phi) is 3.82. The smallest absolute Gasteiger partial charge is 0.286 e. The number of aromatic nitrogens is 1. The monoisotopic (exact) mass is 289 g/mol. The number of hydrogen-bond acceptors (Lipinski definition) is 2. The molecule has 0 unspecified atom stereocenters. The molecule has 0 spiro atoms. The molecule has 1 aromatic heterocycles. The fourth-order valence-corrected chi connectivity index (χ4v) is 2.07. The van der Waals surface area contributed by atoms with Crippen LogP contribution in [0, 0.1) is 5.21 Å². The molecule has 0 aliphatic heterocycles. The number of ketones is 1. The standard InChI is InChI=1S/C16H16ClNO2/c1-16(2,3)12-9-7-11(8-10-12)15(19)13-5-4-6-14(17)18(13)20/h4-10H,1-3H3. The number of rotatable bonds is 2. The molecular weight excluding hydrogens is 274 g/mol. The molecule has 1 heterocycles. The lowest BCUT2D eigenvalue weighted by molar-refractivity contribution is -0.605. The molecule has 20 heavy (non-hydrogen) atoms. The molecule has 0 aliphatic carbocycles. The van der Waals surface area contributed by atoms with E-state index >= 15 is 0 Å². The molecular formula is C16H16ClNO2. The molecule has 0 N–H and O–H groups in total. The maximum Gasteiger partial charge on any atom is 0.286 e. The highest BCUT2D eigenvalue weighted by molar-refractivity contribution is 6.28. The molecule has 0 fully saturated rings. The second kappa shape index (κ2) is 5.25. The zero-order valence-corrected chi connectivity index (χ0v) is 12.4. The van der Waals surface area contributed by atoms with Crippen LogP contribution in [0.15, 0.2) is 42.5 Å². The van der Waals surface area contributed by atoms with E-state index in [0.717, 1.165) is 5.56 Å². The number of carbonyl (C=O) groups is 1. The van der Waals surface area contributed by atoms with Crippen LogP contribution in [0.2, 0.25) is 5.15 Å². The lowest BCUT2D eigenvalue weighted by Gasteiger charge is -2.18. The minimum absolute atomic E-state index is 0.0119. The first-order valence-corrected chi connectivity index (χ1v) is 6.72. The van der Waals surface area contributed by atoms with Crippen LogP contribution in [0.5, 0.6) is 0 Å². The molecule has 3 nitrogen and oxygen atoms in total. The van der Waals surface area contributed by atoms with Gasteiger partial charge in [0.1, 0.15) is 0 Å². The molecule has 0 radical (unpaired) electrons. The lowest BCUT2D eigenvalue weighted by atomic mass is 9.86. The maximum atomic E-state index is 12.3. The van der Waals surface area contributed by atoms with Crippen LogP contribution in [-0.2, 0) is 5.41 Å². The fraction of sp³-hybridized carbons (Fsp3) is 0.250. The predicted molar refractivity (Wildman–Crippen MR) is 79.0 cm³/mol. The Hall–Kier alpha value is -1.87. The van der Waals surface area contributed by atoms with Crippen LogP contribution in [0.1, 0.15) is 42.4 Å². The van der Waals surface area contributed by atoms with Crippen molar-refractivity contribution in [2.75, 3.05) is 0 Å². The van der Waals surface area contributed by atoms with Gasteiger partial charge in [-0.3, -0.25) is 4.79 Å². The van der Waals surface area contributed by atoms with Gasteiger partial charge in [-0.2, -0.15) is 4.73 Å². The Balaban J connectivity index is 2.37. The van der Waals surface area contributed by atoms with E-state index in [0.29, 0.717) is 10.3 Å². The highest BCUT2D eigenvalue weighted by Gasteiger charge is 2.20. The van der Waals surface area contributed by atoms with E-state index < -0.39 is 0 Å². The van der Waals surface area contributed by atoms with Gasteiger partial charge in [0.25, 0.3) is 16.6 Å². The van der Waals surface area contributed by atoms with Crippen LogP contribution in [-0.4, -0.2) is 5.78 Å². The molecule has 0 saturated heterocycles. The van der Waals surface area contributed by atoms with Crippen molar-refractivity contribution in [1.82, 2.24) is 0 Å². The first kappa shape index (κ1) is 14.5. The maximum absolute atomic E-state index is 12.3. The molecule has 2 aromatic rings. The SMILES string of the molecule is CC(C)(C)c1ccc(C(=O)c2cccc(Cl)[n+]2[O-])cc1. The summed E-state index contributed by atoms with van der Waals surface area (Å²) in [5, 5.41) is 11.8. The summed E-state index contributed by atoms with van der Waals surface area (Å²) in [5.41, 5.74) is 1.66. The van der Waals surface area contributed by atoms with Gasteiger partial charge in [0, 0.05) is 17.7 Å². The minimum atomic E-state index is -0.331. The van der Waals surface area contributed by atoms with Crippen molar-refractivity contribution in [3.63, 3.8) is 0 Å². The summed E-state index contributed by atoms with van der Waals surface area (Å²) in [6.07, 6.45) is 0. The Morgan fingerprint density at radius 1 is 1.10 bits per heavy atom. The minimum Gasteiger partial charge on any atom is -0.617 e. The van der Waals surface area contributed by atoms with Crippen molar-refractivity contribution >= 4 is 17.4 Å². The van der Waals surface area contributed by atoms with Crippen LogP contribution in [0.4, 0.5) is 0 Å². The van der Waals surface area contributed by atoms with Crippen molar-refractivity contribution in [1.29, 1.82) is 0 Å². The number of pyridine rings is 1. The van der Waals surface area contributed by atoms with Gasteiger partial charge >= 0.3 is 0 Å². The molecule has 0 aliphatic rings. The van der Waals surface area contributed by atoms with Crippen LogP contribution >= 0.6 is 11.6 Å². The summed E-state index contributed by atoms with van der Waals surface area (Å²) in [6.45, 7) is 6.31. The van der Waals surface area contributed by atoms with Crippen LogP contribution < -0.4 is 4.73 Å². The first-order valence-electron chi connectivity index (χ1n) is 6.34. The van der Waals surface area contributed by atoms with Crippen LogP contribution in [0.25, 0.3) is 0 Å². The van der Waals surface area contributed by atoms with Gasteiger partial charge in [-0.1, -0.05) is 45.0 Å². The zero-order valence-electron chi connectivity index (χ0n) is 11.7. The molecule has 0 amide bonds. The van der Waals surface area contributed by atoms with Crippen molar-refractivity contribution in [3.8, 4) is 0 Å². The molecule has 4 heteroatoms. The molecule has 0 atom stereocenters. The van der Waals surface area contributed by atoms with E-state index in [9.17, 15) is 10.0 Å². The van der Waals surface area contributed by atoms with E-state index in [-0.39, 0.29) is 22.0 Å². The van der Waals surface area contributed by atoms with Crippen molar-refractivity contribution in [2.24, 2.45) is 0 Å². The summed E-state index contributed by atoms with van der Waals surface area (Å²) in [7, 11) is 0. The third-order valence-corrected chi connectivity index (χ3v) is 3.43. The highest BCUT2D eigenvalue weighted by Crippen LogP contribution is 2.22. The Morgan fingerprint density at radius 3 is 2.25 bits per heavy atom.